The molecule has 0 saturated carbocycles. The molecule has 2 aromatic carbocycles. The Hall–Kier alpha value is -2.56. The van der Waals surface area contributed by atoms with E-state index in [0.29, 0.717) is 5.46 Å². The second kappa shape index (κ2) is 6.56. The highest BCUT2D eigenvalue weighted by molar-refractivity contribution is 6.32. The first-order chi connectivity index (χ1) is 12.5. The number of hydrogen-bond acceptors (Lipinski definition) is 3. The maximum Gasteiger partial charge on any atom is 0.239 e. The second-order valence-electron chi connectivity index (χ2n) is 8.45. The van der Waals surface area contributed by atoms with E-state index < -0.39 is 11.5 Å². The minimum Gasteiger partial charge on any atom is -0.369 e. The summed E-state index contributed by atoms with van der Waals surface area (Å²) in [6.45, 7) is 8.46. The van der Waals surface area contributed by atoms with E-state index in [-0.39, 0.29) is 17.3 Å². The normalized spacial score (nSPS) is 23.3. The van der Waals surface area contributed by atoms with Gasteiger partial charge in [-0.2, -0.15) is 0 Å². The van der Waals surface area contributed by atoms with Crippen molar-refractivity contribution < 1.29 is 4.79 Å². The van der Waals surface area contributed by atoms with E-state index in [1.807, 2.05) is 43.3 Å². The van der Waals surface area contributed by atoms with Crippen molar-refractivity contribution in [2.75, 3.05) is 7.05 Å². The smallest absolute Gasteiger partial charge is 0.239 e. The van der Waals surface area contributed by atoms with Crippen LogP contribution in [0.25, 0.3) is 0 Å². The molecular weight excluding hydrogens is 333 g/mol. The number of benzene rings is 2. The molecule has 2 atom stereocenters. The van der Waals surface area contributed by atoms with Gasteiger partial charge in [-0.05, 0) is 29.0 Å². The van der Waals surface area contributed by atoms with Gasteiger partial charge in [-0.25, -0.2) is 4.99 Å². The quantitative estimate of drug-likeness (QED) is 0.838. The molecule has 1 aliphatic rings. The number of nitrogens with two attached hydrogens (primary N) is 1. The predicted molar refractivity (Wildman–Crippen MR) is 111 cm³/mol. The molecule has 3 rings (SSSR count). The third-order valence-electron chi connectivity index (χ3n) is 5.41. The van der Waals surface area contributed by atoms with Gasteiger partial charge in [0.05, 0.1) is 5.92 Å². The number of amides is 1. The second-order valence-corrected chi connectivity index (χ2v) is 8.45. The minimum absolute atomic E-state index is 0.0473. The summed E-state index contributed by atoms with van der Waals surface area (Å²) < 4.78 is 0. The van der Waals surface area contributed by atoms with Crippen molar-refractivity contribution in [2.24, 2.45) is 10.7 Å². The maximum atomic E-state index is 13.2. The Morgan fingerprint density at radius 1 is 1.15 bits per heavy atom. The van der Waals surface area contributed by atoms with Crippen molar-refractivity contribution >= 4 is 25.2 Å². The molecular formula is C22H26BN3O. The van der Waals surface area contributed by atoms with Crippen molar-refractivity contribution in [3.63, 3.8) is 0 Å². The molecule has 0 aliphatic carbocycles. The van der Waals surface area contributed by atoms with Crippen LogP contribution in [0.1, 0.15) is 50.3 Å². The molecule has 0 fully saturated rings. The Balaban J connectivity index is 2.16. The molecule has 0 aromatic heterocycles. The molecule has 138 valence electrons. The number of rotatable bonds is 2. The van der Waals surface area contributed by atoms with Gasteiger partial charge in [0.15, 0.2) is 5.96 Å². The molecule has 2 radical (unpaired) electrons. The van der Waals surface area contributed by atoms with Crippen molar-refractivity contribution in [1.82, 2.24) is 4.90 Å². The number of carbonyl (C=O) groups excluding carboxylic acids is 1. The standard InChI is InChI=1S/C22H26BN3O/c1-21(2,3)15-11-9-14(10-12-15)18-19(27)26(5)20(24)25-22(18,4)16-7-6-8-17(23)13-16/h6-13,18H,1-5H3,(H2,24,25)/t18-,22+/m0/s1. The zero-order valence-corrected chi connectivity index (χ0v) is 16.7. The Labute approximate surface area is 162 Å². The van der Waals surface area contributed by atoms with Gasteiger partial charge in [-0.15, -0.1) is 0 Å². The largest absolute Gasteiger partial charge is 0.369 e. The highest BCUT2D eigenvalue weighted by Crippen LogP contribution is 2.43. The summed E-state index contributed by atoms with van der Waals surface area (Å²) in [5.74, 6) is -0.339. The zero-order chi connectivity index (χ0) is 20.0. The third kappa shape index (κ3) is 3.38. The topological polar surface area (TPSA) is 58.7 Å². The summed E-state index contributed by atoms with van der Waals surface area (Å²) in [6.07, 6.45) is 0. The van der Waals surface area contributed by atoms with E-state index >= 15 is 0 Å². The summed E-state index contributed by atoms with van der Waals surface area (Å²) in [7, 11) is 7.66. The molecule has 2 N–H and O–H groups in total. The molecule has 0 unspecified atom stereocenters. The number of likely N-dealkylation sites (N-methyl/N-ethyl adjacent to an activating group) is 1. The molecule has 1 heterocycles. The molecule has 5 heteroatoms. The van der Waals surface area contributed by atoms with Gasteiger partial charge in [0, 0.05) is 7.05 Å². The van der Waals surface area contributed by atoms with E-state index in [2.05, 4.69) is 32.9 Å². The SMILES string of the molecule is [B]c1cccc([C@@]2(C)N=C(N)N(C)C(=O)[C@@H]2c2ccc(C(C)(C)C)cc2)c1. The Kier molecular flexibility index (Phi) is 4.67. The first kappa shape index (κ1) is 19.2. The monoisotopic (exact) mass is 359 g/mol. The van der Waals surface area contributed by atoms with Crippen LogP contribution in [-0.2, 0) is 15.7 Å². The first-order valence-electron chi connectivity index (χ1n) is 9.13. The summed E-state index contributed by atoms with van der Waals surface area (Å²) >= 11 is 0. The molecule has 4 nitrogen and oxygen atoms in total. The van der Waals surface area contributed by atoms with Crippen LogP contribution in [0.4, 0.5) is 0 Å². The lowest BCUT2D eigenvalue weighted by Crippen LogP contribution is -2.52. The Morgan fingerprint density at radius 2 is 1.78 bits per heavy atom. The van der Waals surface area contributed by atoms with E-state index in [9.17, 15) is 4.79 Å². The minimum atomic E-state index is -0.827. The molecule has 0 spiro atoms. The lowest BCUT2D eigenvalue weighted by Gasteiger charge is -2.41. The van der Waals surface area contributed by atoms with Crippen LogP contribution in [0.3, 0.4) is 0 Å². The molecule has 0 saturated heterocycles. The van der Waals surface area contributed by atoms with Crippen LogP contribution in [0, 0.1) is 0 Å². The number of carbonyl (C=O) groups is 1. The number of hydrogen-bond donors (Lipinski definition) is 1. The predicted octanol–water partition coefficient (Wildman–Crippen LogP) is 2.56. The lowest BCUT2D eigenvalue weighted by atomic mass is 9.73. The fourth-order valence-electron chi connectivity index (χ4n) is 3.65. The fraction of sp³-hybridized carbons (Fsp3) is 0.364. The molecule has 1 amide bonds. The van der Waals surface area contributed by atoms with Crippen molar-refractivity contribution in [3.05, 3.63) is 65.2 Å². The summed E-state index contributed by atoms with van der Waals surface area (Å²) in [5, 5.41) is 0. The van der Waals surface area contributed by atoms with Crippen molar-refractivity contribution in [2.45, 2.75) is 44.6 Å². The summed E-state index contributed by atoms with van der Waals surface area (Å²) in [6, 6.07) is 15.7. The fourth-order valence-corrected chi connectivity index (χ4v) is 3.65. The number of aliphatic imine (C=N–C) groups is 1. The maximum absolute atomic E-state index is 13.2. The van der Waals surface area contributed by atoms with Gasteiger partial charge in [0.2, 0.25) is 5.91 Å². The zero-order valence-electron chi connectivity index (χ0n) is 16.7. The van der Waals surface area contributed by atoms with Crippen LogP contribution < -0.4 is 11.2 Å². The molecule has 27 heavy (non-hydrogen) atoms. The average Bonchev–Trinajstić information content (AvgIpc) is 2.59. The van der Waals surface area contributed by atoms with Crippen LogP contribution in [-0.4, -0.2) is 31.7 Å². The summed E-state index contributed by atoms with van der Waals surface area (Å²) in [5.41, 5.74) is 8.93. The van der Waals surface area contributed by atoms with Crippen molar-refractivity contribution in [1.29, 1.82) is 0 Å². The van der Waals surface area contributed by atoms with Crippen LogP contribution >= 0.6 is 0 Å². The van der Waals surface area contributed by atoms with Gasteiger partial charge >= 0.3 is 0 Å². The lowest BCUT2D eigenvalue weighted by molar-refractivity contribution is -0.130. The number of nitrogens with zero attached hydrogens (tertiary/aromatic N) is 2. The highest BCUT2D eigenvalue weighted by atomic mass is 16.2. The summed E-state index contributed by atoms with van der Waals surface area (Å²) in [4.78, 5) is 19.4. The molecule has 2 aromatic rings. The van der Waals surface area contributed by atoms with Crippen LogP contribution in [0.5, 0.6) is 0 Å². The van der Waals surface area contributed by atoms with Gasteiger partial charge < -0.3 is 5.73 Å². The van der Waals surface area contributed by atoms with E-state index in [0.717, 1.165) is 11.1 Å². The van der Waals surface area contributed by atoms with Crippen LogP contribution in [0.15, 0.2) is 53.5 Å². The molecule has 0 bridgehead atoms. The van der Waals surface area contributed by atoms with E-state index in [4.69, 9.17) is 18.6 Å². The number of guanidine groups is 1. The average molecular weight is 359 g/mol. The van der Waals surface area contributed by atoms with Crippen molar-refractivity contribution in [3.8, 4) is 0 Å². The first-order valence-corrected chi connectivity index (χ1v) is 9.13. The van der Waals surface area contributed by atoms with Gasteiger partial charge in [0.1, 0.15) is 13.4 Å². The Morgan fingerprint density at radius 3 is 2.33 bits per heavy atom. The van der Waals surface area contributed by atoms with E-state index in [1.165, 1.54) is 10.5 Å². The highest BCUT2D eigenvalue weighted by Gasteiger charge is 2.47. The van der Waals surface area contributed by atoms with Gasteiger partial charge in [-0.1, -0.05) is 74.8 Å². The Bertz CT molecular complexity index is 899. The van der Waals surface area contributed by atoms with Gasteiger partial charge in [-0.3, -0.25) is 9.69 Å². The third-order valence-corrected chi connectivity index (χ3v) is 5.41. The van der Waals surface area contributed by atoms with Crippen LogP contribution in [0.2, 0.25) is 0 Å². The van der Waals surface area contributed by atoms with Gasteiger partial charge in [0.25, 0.3) is 0 Å². The molecule has 1 aliphatic heterocycles. The van der Waals surface area contributed by atoms with E-state index in [1.54, 1.807) is 7.05 Å².